The predicted octanol–water partition coefficient (Wildman–Crippen LogP) is 1.74. The van der Waals surface area contributed by atoms with Crippen molar-refractivity contribution in [2.75, 3.05) is 19.8 Å². The van der Waals surface area contributed by atoms with Crippen LogP contribution in [0.25, 0.3) is 0 Å². The lowest BCUT2D eigenvalue weighted by molar-refractivity contribution is -0.385. The Bertz CT molecular complexity index is 869. The monoisotopic (exact) mass is 372 g/mol. The van der Waals surface area contributed by atoms with Crippen molar-refractivity contribution in [3.05, 3.63) is 58.1 Å². The molecule has 1 aliphatic heterocycles. The Hall–Kier alpha value is -3.62. The molecule has 0 spiro atoms. The number of ether oxygens (including phenoxy) is 3. The van der Waals surface area contributed by atoms with Gasteiger partial charge < -0.3 is 19.5 Å². The van der Waals surface area contributed by atoms with E-state index in [9.17, 15) is 19.7 Å². The van der Waals surface area contributed by atoms with E-state index in [2.05, 4.69) is 5.32 Å². The van der Waals surface area contributed by atoms with Crippen molar-refractivity contribution >= 4 is 17.9 Å². The van der Waals surface area contributed by atoms with Gasteiger partial charge in [-0.15, -0.1) is 0 Å². The number of nitrogens with zero attached hydrogens (tertiary/aromatic N) is 1. The zero-order valence-electron chi connectivity index (χ0n) is 14.1. The lowest BCUT2D eigenvalue weighted by atomic mass is 10.2. The van der Waals surface area contributed by atoms with Crippen LogP contribution in [0.2, 0.25) is 0 Å². The Balaban J connectivity index is 1.51. The second-order valence-electron chi connectivity index (χ2n) is 5.69. The quantitative estimate of drug-likeness (QED) is 0.447. The molecule has 0 radical (unpaired) electrons. The molecule has 0 saturated carbocycles. The number of benzene rings is 2. The number of carbonyl (C=O) groups excluding carboxylic acids is 2. The number of amides is 1. The van der Waals surface area contributed by atoms with Crippen molar-refractivity contribution in [3.8, 4) is 17.2 Å². The topological polar surface area (TPSA) is 117 Å². The lowest BCUT2D eigenvalue weighted by Gasteiger charge is -2.26. The van der Waals surface area contributed by atoms with E-state index in [1.165, 1.54) is 12.1 Å². The molecule has 0 unspecified atom stereocenters. The zero-order chi connectivity index (χ0) is 19.2. The largest absolute Gasteiger partial charge is 0.486 e. The fourth-order valence-electron chi connectivity index (χ4n) is 2.46. The maximum Gasteiger partial charge on any atom is 0.311 e. The van der Waals surface area contributed by atoms with Gasteiger partial charge in [0.25, 0.3) is 5.91 Å². The number of hydrogen-bond acceptors (Lipinski definition) is 7. The van der Waals surface area contributed by atoms with E-state index in [0.717, 1.165) is 6.07 Å². The van der Waals surface area contributed by atoms with Crippen molar-refractivity contribution in [1.82, 2.24) is 5.32 Å². The fourth-order valence-corrected chi connectivity index (χ4v) is 2.46. The normalized spacial score (nSPS) is 14.9. The molecule has 2 aromatic carbocycles. The molecule has 2 aromatic rings. The molecule has 1 N–H and O–H groups in total. The molecule has 9 heteroatoms. The van der Waals surface area contributed by atoms with Crippen molar-refractivity contribution in [3.63, 3.8) is 0 Å². The number of carbonyl (C=O) groups is 2. The van der Waals surface area contributed by atoms with Crippen LogP contribution in [0, 0.1) is 10.1 Å². The van der Waals surface area contributed by atoms with Gasteiger partial charge in [-0.2, -0.15) is 0 Å². The molecule has 0 aromatic heterocycles. The standard InChI is InChI=1S/C18H16N2O7/c21-9-12-5-6-15(14(7-12)20(23)24)26-11-18(22)19-8-13-10-25-16-3-1-2-4-17(16)27-13/h1-7,9,13H,8,10-11H2,(H,19,22)/t13-/m0/s1. The van der Waals surface area contributed by atoms with Crippen molar-refractivity contribution in [2.24, 2.45) is 0 Å². The number of nitro groups is 1. The smallest absolute Gasteiger partial charge is 0.311 e. The first-order valence-electron chi connectivity index (χ1n) is 8.08. The number of nitro benzene ring substituents is 1. The molecule has 1 amide bonds. The maximum atomic E-state index is 12.0. The third kappa shape index (κ3) is 4.51. The van der Waals surface area contributed by atoms with Crippen LogP contribution in [0.4, 0.5) is 5.69 Å². The number of aldehydes is 1. The second kappa shape index (κ2) is 8.17. The summed E-state index contributed by atoms with van der Waals surface area (Å²) < 4.78 is 16.5. The summed E-state index contributed by atoms with van der Waals surface area (Å²) >= 11 is 0. The molecule has 0 aliphatic carbocycles. The minimum atomic E-state index is -0.676. The average molecular weight is 372 g/mol. The fraction of sp³-hybridized carbons (Fsp3) is 0.222. The van der Waals surface area contributed by atoms with Crippen LogP contribution in [-0.2, 0) is 4.79 Å². The Labute approximate surface area is 154 Å². The van der Waals surface area contributed by atoms with Gasteiger partial charge in [0.1, 0.15) is 19.0 Å². The first-order valence-corrected chi connectivity index (χ1v) is 8.08. The maximum absolute atomic E-state index is 12.0. The SMILES string of the molecule is O=Cc1ccc(OCC(=O)NC[C@H]2COc3ccccc3O2)c([N+](=O)[O-])c1. The van der Waals surface area contributed by atoms with Gasteiger partial charge in [-0.3, -0.25) is 19.7 Å². The molecule has 1 atom stereocenters. The Morgan fingerprint density at radius 1 is 1.30 bits per heavy atom. The summed E-state index contributed by atoms with van der Waals surface area (Å²) in [6.45, 7) is 0.0743. The van der Waals surface area contributed by atoms with Crippen molar-refractivity contribution in [2.45, 2.75) is 6.10 Å². The number of para-hydroxylation sites is 2. The van der Waals surface area contributed by atoms with Gasteiger partial charge in [-0.25, -0.2) is 0 Å². The van der Waals surface area contributed by atoms with E-state index >= 15 is 0 Å². The Kier molecular flexibility index (Phi) is 5.50. The Morgan fingerprint density at radius 3 is 2.81 bits per heavy atom. The van der Waals surface area contributed by atoms with E-state index in [4.69, 9.17) is 14.2 Å². The molecule has 3 rings (SSSR count). The van der Waals surface area contributed by atoms with E-state index in [1.807, 2.05) is 12.1 Å². The van der Waals surface area contributed by atoms with Gasteiger partial charge in [0.15, 0.2) is 23.9 Å². The molecular weight excluding hydrogens is 356 g/mol. The number of rotatable bonds is 7. The summed E-state index contributed by atoms with van der Waals surface area (Å²) in [4.78, 5) is 33.0. The molecule has 140 valence electrons. The van der Waals surface area contributed by atoms with E-state index in [-0.39, 0.29) is 36.3 Å². The third-order valence-electron chi connectivity index (χ3n) is 3.77. The van der Waals surface area contributed by atoms with E-state index < -0.39 is 17.4 Å². The first kappa shape index (κ1) is 18.2. The molecule has 27 heavy (non-hydrogen) atoms. The predicted molar refractivity (Wildman–Crippen MR) is 93.3 cm³/mol. The molecule has 0 fully saturated rings. The summed E-state index contributed by atoms with van der Waals surface area (Å²) in [5, 5.41) is 13.7. The van der Waals surface area contributed by atoms with Crippen molar-refractivity contribution < 1.29 is 28.7 Å². The molecule has 9 nitrogen and oxygen atoms in total. The van der Waals surface area contributed by atoms with Crippen LogP contribution < -0.4 is 19.5 Å². The third-order valence-corrected chi connectivity index (χ3v) is 3.77. The van der Waals surface area contributed by atoms with Crippen molar-refractivity contribution in [1.29, 1.82) is 0 Å². The zero-order valence-corrected chi connectivity index (χ0v) is 14.1. The highest BCUT2D eigenvalue weighted by atomic mass is 16.6. The summed E-state index contributed by atoms with van der Waals surface area (Å²) in [5.41, 5.74) is -0.235. The van der Waals surface area contributed by atoms with Gasteiger partial charge in [0, 0.05) is 11.6 Å². The number of nitrogens with one attached hydrogen (secondary N) is 1. The van der Waals surface area contributed by atoms with Crippen LogP contribution in [-0.4, -0.2) is 43.0 Å². The second-order valence-corrected chi connectivity index (χ2v) is 5.69. The lowest BCUT2D eigenvalue weighted by Crippen LogP contribution is -2.42. The summed E-state index contributed by atoms with van der Waals surface area (Å²) in [6.07, 6.45) is 0.138. The highest BCUT2D eigenvalue weighted by Gasteiger charge is 2.22. The molecule has 0 saturated heterocycles. The molecule has 1 heterocycles. The molecule has 1 aliphatic rings. The van der Waals surface area contributed by atoms with Crippen LogP contribution in [0.1, 0.15) is 10.4 Å². The number of fused-ring (bicyclic) bond motifs is 1. The van der Waals surface area contributed by atoms with E-state index in [0.29, 0.717) is 17.8 Å². The van der Waals surface area contributed by atoms with Gasteiger partial charge in [0.2, 0.25) is 0 Å². The summed E-state index contributed by atoms with van der Waals surface area (Å²) in [5.74, 6) is 0.692. The summed E-state index contributed by atoms with van der Waals surface area (Å²) in [7, 11) is 0. The van der Waals surface area contributed by atoms with Gasteiger partial charge >= 0.3 is 5.69 Å². The van der Waals surface area contributed by atoms with Gasteiger partial charge in [-0.05, 0) is 24.3 Å². The number of hydrogen-bond donors (Lipinski definition) is 1. The van der Waals surface area contributed by atoms with Crippen LogP contribution >= 0.6 is 0 Å². The first-order chi connectivity index (χ1) is 13.1. The Morgan fingerprint density at radius 2 is 2.07 bits per heavy atom. The highest BCUT2D eigenvalue weighted by Crippen LogP contribution is 2.30. The minimum Gasteiger partial charge on any atom is -0.486 e. The van der Waals surface area contributed by atoms with Crippen LogP contribution in [0.15, 0.2) is 42.5 Å². The van der Waals surface area contributed by atoms with Crippen LogP contribution in [0.3, 0.4) is 0 Å². The van der Waals surface area contributed by atoms with E-state index in [1.54, 1.807) is 12.1 Å². The minimum absolute atomic E-state index is 0.0908. The molecular formula is C18H16N2O7. The highest BCUT2D eigenvalue weighted by molar-refractivity contribution is 5.79. The summed E-state index contributed by atoms with van der Waals surface area (Å²) in [6, 6.07) is 11.0. The van der Waals surface area contributed by atoms with Crippen LogP contribution in [0.5, 0.6) is 17.2 Å². The van der Waals surface area contributed by atoms with Gasteiger partial charge in [0.05, 0.1) is 11.5 Å². The molecule has 0 bridgehead atoms. The average Bonchev–Trinajstić information content (AvgIpc) is 2.70. The van der Waals surface area contributed by atoms with Gasteiger partial charge in [-0.1, -0.05) is 12.1 Å².